The van der Waals surface area contributed by atoms with Gasteiger partial charge in [-0.2, -0.15) is 5.10 Å². The summed E-state index contributed by atoms with van der Waals surface area (Å²) in [6.45, 7) is 0.850. The highest BCUT2D eigenvalue weighted by atomic mass is 32.2. The molecule has 1 aliphatic rings. The Bertz CT molecular complexity index is 816. The highest BCUT2D eigenvalue weighted by molar-refractivity contribution is 7.99. The summed E-state index contributed by atoms with van der Waals surface area (Å²) >= 11 is 1.84. The van der Waals surface area contributed by atoms with Crippen LogP contribution in [0, 0.1) is 0 Å². The molecule has 6 heteroatoms. The molecule has 2 N–H and O–H groups in total. The van der Waals surface area contributed by atoms with E-state index in [1.165, 1.54) is 21.7 Å². The van der Waals surface area contributed by atoms with Crippen molar-refractivity contribution in [2.75, 3.05) is 17.8 Å². The quantitative estimate of drug-likeness (QED) is 0.771. The number of nitrogens with one attached hydrogen (secondary N) is 2. The molecule has 1 aromatic carbocycles. The highest BCUT2D eigenvalue weighted by Crippen LogP contribution is 2.43. The molecule has 3 aromatic rings. The Morgan fingerprint density at radius 3 is 3.04 bits per heavy atom. The monoisotopic (exact) mass is 323 g/mol. The second-order valence-corrected chi connectivity index (χ2v) is 6.41. The number of pyridine rings is 1. The summed E-state index contributed by atoms with van der Waals surface area (Å²) in [5.74, 6) is 1.89. The van der Waals surface area contributed by atoms with Crippen molar-refractivity contribution in [2.45, 2.75) is 11.4 Å². The molecule has 0 saturated carbocycles. The average molecular weight is 323 g/mol. The number of nitrogens with zero attached hydrogens (tertiary/aromatic N) is 3. The molecule has 0 unspecified atom stereocenters. The van der Waals surface area contributed by atoms with Crippen LogP contribution in [0.5, 0.6) is 0 Å². The number of aromatic nitrogens is 3. The number of rotatable bonds is 4. The molecule has 23 heavy (non-hydrogen) atoms. The Morgan fingerprint density at radius 1 is 1.26 bits per heavy atom. The van der Waals surface area contributed by atoms with Gasteiger partial charge in [0, 0.05) is 29.4 Å². The number of anilines is 2. The van der Waals surface area contributed by atoms with Crippen molar-refractivity contribution < 1.29 is 0 Å². The van der Waals surface area contributed by atoms with Gasteiger partial charge in [0.2, 0.25) is 0 Å². The minimum atomic E-state index is 0.850. The van der Waals surface area contributed by atoms with E-state index in [0.29, 0.717) is 0 Å². The van der Waals surface area contributed by atoms with Gasteiger partial charge in [0.15, 0.2) is 0 Å². The maximum atomic E-state index is 4.54. The predicted octanol–water partition coefficient (Wildman–Crippen LogP) is 3.39. The summed E-state index contributed by atoms with van der Waals surface area (Å²) in [7, 11) is 1.96. The molecule has 3 heterocycles. The third kappa shape index (κ3) is 2.71. The van der Waals surface area contributed by atoms with Gasteiger partial charge in [0.25, 0.3) is 0 Å². The SMILES string of the molecule is CNCc1ccnc(N2CSc3cc(-c4cn[nH]c4)ccc32)c1. The van der Waals surface area contributed by atoms with Gasteiger partial charge in [-0.3, -0.25) is 5.10 Å². The van der Waals surface area contributed by atoms with Crippen LogP contribution in [0.15, 0.2) is 53.8 Å². The van der Waals surface area contributed by atoms with E-state index in [4.69, 9.17) is 0 Å². The zero-order valence-corrected chi connectivity index (χ0v) is 13.6. The van der Waals surface area contributed by atoms with Gasteiger partial charge in [-0.1, -0.05) is 6.07 Å². The smallest absolute Gasteiger partial charge is 0.134 e. The summed E-state index contributed by atoms with van der Waals surface area (Å²) < 4.78 is 0. The van der Waals surface area contributed by atoms with Gasteiger partial charge in [0.05, 0.1) is 17.8 Å². The van der Waals surface area contributed by atoms with E-state index in [2.05, 4.69) is 49.7 Å². The maximum Gasteiger partial charge on any atom is 0.134 e. The van der Waals surface area contributed by atoms with Crippen LogP contribution < -0.4 is 10.2 Å². The summed E-state index contributed by atoms with van der Waals surface area (Å²) in [6.07, 6.45) is 5.65. The molecule has 5 nitrogen and oxygen atoms in total. The van der Waals surface area contributed by atoms with Gasteiger partial charge in [-0.15, -0.1) is 11.8 Å². The summed E-state index contributed by atoms with van der Waals surface area (Å²) in [5, 5.41) is 10.1. The molecule has 116 valence electrons. The van der Waals surface area contributed by atoms with Gasteiger partial charge < -0.3 is 10.2 Å². The molecule has 2 aromatic heterocycles. The van der Waals surface area contributed by atoms with Crippen LogP contribution >= 0.6 is 11.8 Å². The maximum absolute atomic E-state index is 4.54. The first-order valence-corrected chi connectivity index (χ1v) is 8.47. The van der Waals surface area contributed by atoms with E-state index in [1.807, 2.05) is 43.5 Å². The highest BCUT2D eigenvalue weighted by Gasteiger charge is 2.22. The fraction of sp³-hybridized carbons (Fsp3) is 0.176. The van der Waals surface area contributed by atoms with Crippen LogP contribution in [-0.2, 0) is 6.54 Å². The second-order valence-electron chi connectivity index (χ2n) is 5.42. The number of hydrogen-bond acceptors (Lipinski definition) is 5. The van der Waals surface area contributed by atoms with Crippen LogP contribution in [-0.4, -0.2) is 28.1 Å². The van der Waals surface area contributed by atoms with Crippen LogP contribution in [0.1, 0.15) is 5.56 Å². The first-order chi connectivity index (χ1) is 11.3. The molecular weight excluding hydrogens is 306 g/mol. The lowest BCUT2D eigenvalue weighted by Gasteiger charge is -2.18. The van der Waals surface area contributed by atoms with Crippen molar-refractivity contribution in [2.24, 2.45) is 0 Å². The van der Waals surface area contributed by atoms with Crippen molar-refractivity contribution in [3.05, 3.63) is 54.5 Å². The first-order valence-electron chi connectivity index (χ1n) is 7.48. The van der Waals surface area contributed by atoms with Crippen molar-refractivity contribution in [1.82, 2.24) is 20.5 Å². The van der Waals surface area contributed by atoms with Crippen LogP contribution in [0.25, 0.3) is 11.1 Å². The van der Waals surface area contributed by atoms with Crippen molar-refractivity contribution in [3.63, 3.8) is 0 Å². The molecule has 0 bridgehead atoms. The molecule has 0 fully saturated rings. The molecule has 0 aliphatic carbocycles. The van der Waals surface area contributed by atoms with Crippen LogP contribution in [0.4, 0.5) is 11.5 Å². The molecule has 0 atom stereocenters. The standard InChI is InChI=1S/C17H17N5S/c1-18-8-12-4-5-19-17(6-12)22-11-23-16-7-13(2-3-15(16)22)14-9-20-21-10-14/h2-7,9-10,18H,8,11H2,1H3,(H,20,21). The molecule has 1 aliphatic heterocycles. The molecule has 0 spiro atoms. The van der Waals surface area contributed by atoms with Crippen molar-refractivity contribution >= 4 is 23.3 Å². The fourth-order valence-corrected chi connectivity index (χ4v) is 3.83. The number of benzene rings is 1. The molecule has 4 rings (SSSR count). The lowest BCUT2D eigenvalue weighted by atomic mass is 10.1. The number of hydrogen-bond donors (Lipinski definition) is 2. The summed E-state index contributed by atoms with van der Waals surface area (Å²) in [4.78, 5) is 8.09. The zero-order chi connectivity index (χ0) is 15.6. The number of thioether (sulfide) groups is 1. The third-order valence-electron chi connectivity index (χ3n) is 3.90. The van der Waals surface area contributed by atoms with E-state index in [9.17, 15) is 0 Å². The molecule has 0 saturated heterocycles. The minimum absolute atomic E-state index is 0.850. The summed E-state index contributed by atoms with van der Waals surface area (Å²) in [6, 6.07) is 10.7. The molecule has 0 amide bonds. The van der Waals surface area contributed by atoms with E-state index in [1.54, 1.807) is 0 Å². The number of H-pyrrole nitrogens is 1. The molecular formula is C17H17N5S. The Balaban J connectivity index is 1.67. The third-order valence-corrected chi connectivity index (χ3v) is 4.92. The first kappa shape index (κ1) is 14.3. The average Bonchev–Trinajstić information content (AvgIpc) is 3.24. The molecule has 0 radical (unpaired) electrons. The Morgan fingerprint density at radius 2 is 2.22 bits per heavy atom. The normalized spacial score (nSPS) is 13.3. The Kier molecular flexibility index (Phi) is 3.77. The van der Waals surface area contributed by atoms with Crippen LogP contribution in [0.2, 0.25) is 0 Å². The van der Waals surface area contributed by atoms with E-state index in [-0.39, 0.29) is 0 Å². The second kappa shape index (κ2) is 6.06. The van der Waals surface area contributed by atoms with E-state index < -0.39 is 0 Å². The van der Waals surface area contributed by atoms with Gasteiger partial charge in [-0.25, -0.2) is 4.98 Å². The van der Waals surface area contributed by atoms with Crippen molar-refractivity contribution in [1.29, 1.82) is 0 Å². The van der Waals surface area contributed by atoms with Crippen LogP contribution in [0.3, 0.4) is 0 Å². The van der Waals surface area contributed by atoms with Gasteiger partial charge in [-0.05, 0) is 42.4 Å². The van der Waals surface area contributed by atoms with E-state index >= 15 is 0 Å². The number of fused-ring (bicyclic) bond motifs is 1. The zero-order valence-electron chi connectivity index (χ0n) is 12.8. The lowest BCUT2D eigenvalue weighted by Crippen LogP contribution is -2.14. The van der Waals surface area contributed by atoms with Gasteiger partial charge in [0.1, 0.15) is 5.82 Å². The Hall–Kier alpha value is -2.31. The predicted molar refractivity (Wildman–Crippen MR) is 93.9 cm³/mol. The number of aromatic amines is 1. The topological polar surface area (TPSA) is 56.8 Å². The fourth-order valence-electron chi connectivity index (χ4n) is 2.76. The van der Waals surface area contributed by atoms with E-state index in [0.717, 1.165) is 23.8 Å². The largest absolute Gasteiger partial charge is 0.316 e. The summed E-state index contributed by atoms with van der Waals surface area (Å²) in [5.41, 5.74) is 4.76. The Labute approximate surface area is 139 Å². The minimum Gasteiger partial charge on any atom is -0.316 e. The van der Waals surface area contributed by atoms with Gasteiger partial charge >= 0.3 is 0 Å². The lowest BCUT2D eigenvalue weighted by molar-refractivity contribution is 0.815. The van der Waals surface area contributed by atoms with Crippen molar-refractivity contribution in [3.8, 4) is 11.1 Å².